The summed E-state index contributed by atoms with van der Waals surface area (Å²) in [6, 6.07) is 33.9. The van der Waals surface area contributed by atoms with Gasteiger partial charge in [-0.2, -0.15) is 0 Å². The highest BCUT2D eigenvalue weighted by atomic mass is 16.2. The number of carbonyl (C=O) groups is 2. The van der Waals surface area contributed by atoms with E-state index in [0.717, 1.165) is 23.4 Å². The van der Waals surface area contributed by atoms with Gasteiger partial charge in [-0.25, -0.2) is 0 Å². The molecule has 5 heteroatoms. The van der Waals surface area contributed by atoms with Gasteiger partial charge in [0.2, 0.25) is 11.8 Å². The Bertz CT molecular complexity index is 1340. The summed E-state index contributed by atoms with van der Waals surface area (Å²) >= 11 is 0. The van der Waals surface area contributed by atoms with Gasteiger partial charge in [-0.1, -0.05) is 97.1 Å². The first-order valence-electron chi connectivity index (χ1n) is 12.7. The Morgan fingerprint density at radius 2 is 1.37 bits per heavy atom. The van der Waals surface area contributed by atoms with Gasteiger partial charge in [0.15, 0.2) is 0 Å². The van der Waals surface area contributed by atoms with Crippen LogP contribution in [0, 0.1) is 0 Å². The molecule has 0 unspecified atom stereocenters. The van der Waals surface area contributed by atoms with Gasteiger partial charge < -0.3 is 14.4 Å². The predicted molar refractivity (Wildman–Crippen MR) is 153 cm³/mol. The number of benzene rings is 3. The number of hydrogen-bond donors (Lipinski definition) is 0. The Labute approximate surface area is 224 Å². The van der Waals surface area contributed by atoms with Gasteiger partial charge in [0.1, 0.15) is 6.54 Å². The molecule has 3 aromatic carbocycles. The van der Waals surface area contributed by atoms with Gasteiger partial charge in [-0.05, 0) is 34.9 Å². The van der Waals surface area contributed by atoms with E-state index < -0.39 is 0 Å². The quantitative estimate of drug-likeness (QED) is 0.181. The molecule has 0 radical (unpaired) electrons. The third-order valence-electron chi connectivity index (χ3n) is 6.25. The number of carbonyl (C=O) groups excluding carboxylic acids is 2. The third-order valence-corrected chi connectivity index (χ3v) is 6.25. The summed E-state index contributed by atoms with van der Waals surface area (Å²) in [6.45, 7) is 5.65. The van der Waals surface area contributed by atoms with Gasteiger partial charge in [0.25, 0.3) is 0 Å². The maximum absolute atomic E-state index is 13.7. The molecule has 0 fully saturated rings. The maximum Gasteiger partial charge on any atom is 0.247 e. The number of amides is 2. The average Bonchev–Trinajstić information content (AvgIpc) is 3.39. The minimum Gasteiger partial charge on any atom is -0.345 e. The van der Waals surface area contributed by atoms with Crippen molar-refractivity contribution in [2.45, 2.75) is 19.6 Å². The molecule has 0 aliphatic carbocycles. The number of rotatable bonds is 12. The van der Waals surface area contributed by atoms with E-state index in [1.165, 1.54) is 16.5 Å². The lowest BCUT2D eigenvalue weighted by atomic mass is 10.2. The largest absolute Gasteiger partial charge is 0.345 e. The van der Waals surface area contributed by atoms with E-state index in [4.69, 9.17) is 0 Å². The maximum atomic E-state index is 13.7. The standard InChI is InChI=1S/C33H33N3O2/c1-2-22-35(32(37)21-20-28-13-6-3-7-14-28)27-33(38)36(25-30-17-10-5-11-18-30)26-31-19-12-23-34(31)24-29-15-8-4-9-16-29/h2-21,23H,1,22,24-27H2/b21-20+. The van der Waals surface area contributed by atoms with Crippen LogP contribution in [0.25, 0.3) is 6.08 Å². The first kappa shape index (κ1) is 26.4. The van der Waals surface area contributed by atoms with E-state index >= 15 is 0 Å². The summed E-state index contributed by atoms with van der Waals surface area (Å²) in [7, 11) is 0. The van der Waals surface area contributed by atoms with Crippen LogP contribution in [0.15, 0.2) is 128 Å². The molecular weight excluding hydrogens is 470 g/mol. The molecule has 0 aliphatic rings. The van der Waals surface area contributed by atoms with Crippen molar-refractivity contribution in [1.82, 2.24) is 14.4 Å². The first-order chi connectivity index (χ1) is 18.6. The molecule has 0 aliphatic heterocycles. The van der Waals surface area contributed by atoms with Gasteiger partial charge in [-0.3, -0.25) is 9.59 Å². The molecule has 0 saturated carbocycles. The second-order valence-electron chi connectivity index (χ2n) is 9.10. The van der Waals surface area contributed by atoms with Crippen LogP contribution < -0.4 is 0 Å². The van der Waals surface area contributed by atoms with E-state index in [1.54, 1.807) is 12.2 Å². The zero-order valence-corrected chi connectivity index (χ0v) is 21.5. The Morgan fingerprint density at radius 3 is 2.03 bits per heavy atom. The van der Waals surface area contributed by atoms with Crippen LogP contribution in [0.1, 0.15) is 22.4 Å². The second kappa shape index (κ2) is 13.6. The summed E-state index contributed by atoms with van der Waals surface area (Å²) in [5, 5.41) is 0. The van der Waals surface area contributed by atoms with Crippen molar-refractivity contribution in [3.63, 3.8) is 0 Å². The van der Waals surface area contributed by atoms with Crippen molar-refractivity contribution in [2.24, 2.45) is 0 Å². The molecule has 0 saturated heterocycles. The van der Waals surface area contributed by atoms with Crippen molar-refractivity contribution in [3.05, 3.63) is 150 Å². The Balaban J connectivity index is 1.52. The van der Waals surface area contributed by atoms with Crippen LogP contribution in [0.4, 0.5) is 0 Å². The fraction of sp³-hybridized carbons (Fsp3) is 0.152. The highest BCUT2D eigenvalue weighted by Gasteiger charge is 2.21. The summed E-state index contributed by atoms with van der Waals surface area (Å²) in [4.78, 5) is 30.0. The molecule has 192 valence electrons. The van der Waals surface area contributed by atoms with Crippen molar-refractivity contribution in [2.75, 3.05) is 13.1 Å². The molecule has 5 nitrogen and oxygen atoms in total. The number of hydrogen-bond acceptors (Lipinski definition) is 2. The molecule has 0 N–H and O–H groups in total. The zero-order chi connectivity index (χ0) is 26.6. The highest BCUT2D eigenvalue weighted by molar-refractivity contribution is 5.94. The molecule has 0 atom stereocenters. The van der Waals surface area contributed by atoms with Crippen LogP contribution in [0.2, 0.25) is 0 Å². The minimum atomic E-state index is -0.228. The molecule has 2 amide bonds. The predicted octanol–water partition coefficient (Wildman–Crippen LogP) is 5.79. The zero-order valence-electron chi connectivity index (χ0n) is 21.5. The van der Waals surface area contributed by atoms with Crippen LogP contribution >= 0.6 is 0 Å². The van der Waals surface area contributed by atoms with Crippen molar-refractivity contribution in [1.29, 1.82) is 0 Å². The summed E-state index contributed by atoms with van der Waals surface area (Å²) < 4.78 is 2.16. The molecule has 1 aromatic heterocycles. The van der Waals surface area contributed by atoms with E-state index in [0.29, 0.717) is 13.1 Å². The van der Waals surface area contributed by atoms with E-state index in [1.807, 2.05) is 102 Å². The smallest absolute Gasteiger partial charge is 0.247 e. The Kier molecular flexibility index (Phi) is 9.46. The van der Waals surface area contributed by atoms with Gasteiger partial charge in [0, 0.05) is 37.6 Å². The van der Waals surface area contributed by atoms with Crippen molar-refractivity contribution in [3.8, 4) is 0 Å². The fourth-order valence-corrected chi connectivity index (χ4v) is 4.25. The molecule has 1 heterocycles. The Hall–Kier alpha value is -4.64. The topological polar surface area (TPSA) is 45.6 Å². The van der Waals surface area contributed by atoms with Crippen LogP contribution in [0.3, 0.4) is 0 Å². The van der Waals surface area contributed by atoms with Crippen LogP contribution in [0.5, 0.6) is 0 Å². The lowest BCUT2D eigenvalue weighted by molar-refractivity contribution is -0.138. The molecule has 0 bridgehead atoms. The van der Waals surface area contributed by atoms with E-state index in [2.05, 4.69) is 23.3 Å². The number of nitrogens with zero attached hydrogens (tertiary/aromatic N) is 3. The number of aromatic nitrogens is 1. The normalized spacial score (nSPS) is 10.8. The average molecular weight is 504 g/mol. The van der Waals surface area contributed by atoms with Crippen molar-refractivity contribution < 1.29 is 9.59 Å². The van der Waals surface area contributed by atoms with Gasteiger partial charge in [-0.15, -0.1) is 6.58 Å². The van der Waals surface area contributed by atoms with Crippen LogP contribution in [-0.4, -0.2) is 39.3 Å². The van der Waals surface area contributed by atoms with Gasteiger partial charge >= 0.3 is 0 Å². The minimum absolute atomic E-state index is 0.0315. The third kappa shape index (κ3) is 7.68. The summed E-state index contributed by atoms with van der Waals surface area (Å²) in [5.74, 6) is -0.348. The molecule has 4 rings (SSSR count). The van der Waals surface area contributed by atoms with E-state index in [9.17, 15) is 9.59 Å². The SMILES string of the molecule is C=CCN(CC(=O)N(Cc1ccccc1)Cc1cccn1Cc1ccccc1)C(=O)/C=C/c1ccccc1. The molecular formula is C33H33N3O2. The second-order valence-corrected chi connectivity index (χ2v) is 9.10. The van der Waals surface area contributed by atoms with Crippen LogP contribution in [-0.2, 0) is 29.2 Å². The monoisotopic (exact) mass is 503 g/mol. The van der Waals surface area contributed by atoms with Gasteiger partial charge in [0.05, 0.1) is 6.54 Å². The lowest BCUT2D eigenvalue weighted by Crippen LogP contribution is -2.42. The van der Waals surface area contributed by atoms with Crippen molar-refractivity contribution >= 4 is 17.9 Å². The Morgan fingerprint density at radius 1 is 0.737 bits per heavy atom. The molecule has 0 spiro atoms. The summed E-state index contributed by atoms with van der Waals surface area (Å²) in [6.07, 6.45) is 6.96. The first-order valence-corrected chi connectivity index (χ1v) is 12.7. The highest BCUT2D eigenvalue weighted by Crippen LogP contribution is 2.14. The fourth-order valence-electron chi connectivity index (χ4n) is 4.25. The molecule has 38 heavy (non-hydrogen) atoms. The molecule has 4 aromatic rings. The lowest BCUT2D eigenvalue weighted by Gasteiger charge is -2.27. The summed E-state index contributed by atoms with van der Waals surface area (Å²) in [5.41, 5.74) is 4.19. The van der Waals surface area contributed by atoms with E-state index in [-0.39, 0.29) is 24.9 Å².